The first-order valence-electron chi connectivity index (χ1n) is 8.63. The van der Waals surface area contributed by atoms with Crippen molar-refractivity contribution in [2.45, 2.75) is 38.6 Å². The SMILES string of the molecule is CCC1CCCCN1C(=O)c1ccnc(Nc2ccccc2C#N)n1. The first-order chi connectivity index (χ1) is 12.2. The summed E-state index contributed by atoms with van der Waals surface area (Å²) in [5.74, 6) is 0.268. The highest BCUT2D eigenvalue weighted by Crippen LogP contribution is 2.22. The molecule has 1 aromatic heterocycles. The van der Waals surface area contributed by atoms with Crippen molar-refractivity contribution < 1.29 is 4.79 Å². The van der Waals surface area contributed by atoms with E-state index in [1.165, 1.54) is 6.42 Å². The summed E-state index contributed by atoms with van der Waals surface area (Å²) in [5, 5.41) is 12.2. The molecule has 3 rings (SSSR count). The molecule has 6 nitrogen and oxygen atoms in total. The number of aromatic nitrogens is 2. The molecule has 2 aromatic rings. The number of benzene rings is 1. The molecule has 1 N–H and O–H groups in total. The number of nitrogens with zero attached hydrogens (tertiary/aromatic N) is 4. The predicted octanol–water partition coefficient (Wildman–Crippen LogP) is 3.50. The Kier molecular flexibility index (Phi) is 5.24. The van der Waals surface area contributed by atoms with Crippen molar-refractivity contribution in [3.63, 3.8) is 0 Å². The van der Waals surface area contributed by atoms with Gasteiger partial charge in [0.05, 0.1) is 11.3 Å². The number of para-hydroxylation sites is 1. The molecule has 1 amide bonds. The van der Waals surface area contributed by atoms with Crippen LogP contribution >= 0.6 is 0 Å². The zero-order chi connectivity index (χ0) is 17.6. The Morgan fingerprint density at radius 3 is 3.00 bits per heavy atom. The molecule has 6 heteroatoms. The molecular formula is C19H21N5O. The predicted molar refractivity (Wildman–Crippen MR) is 95.4 cm³/mol. The molecule has 1 aliphatic heterocycles. The van der Waals surface area contributed by atoms with Crippen LogP contribution in [-0.2, 0) is 0 Å². The quantitative estimate of drug-likeness (QED) is 0.925. The summed E-state index contributed by atoms with van der Waals surface area (Å²) in [6.45, 7) is 2.89. The van der Waals surface area contributed by atoms with Crippen LogP contribution in [0, 0.1) is 11.3 Å². The Morgan fingerprint density at radius 2 is 2.20 bits per heavy atom. The second-order valence-electron chi connectivity index (χ2n) is 6.10. The Hall–Kier alpha value is -2.94. The second kappa shape index (κ2) is 7.75. The lowest BCUT2D eigenvalue weighted by Crippen LogP contribution is -2.43. The smallest absolute Gasteiger partial charge is 0.272 e. The number of anilines is 2. The summed E-state index contributed by atoms with van der Waals surface area (Å²) in [4.78, 5) is 23.3. The van der Waals surface area contributed by atoms with E-state index in [1.807, 2.05) is 11.0 Å². The van der Waals surface area contributed by atoms with Crippen molar-refractivity contribution in [1.29, 1.82) is 5.26 Å². The van der Waals surface area contributed by atoms with Crippen molar-refractivity contribution in [2.75, 3.05) is 11.9 Å². The zero-order valence-corrected chi connectivity index (χ0v) is 14.3. The van der Waals surface area contributed by atoms with E-state index in [2.05, 4.69) is 28.3 Å². The molecule has 0 bridgehead atoms. The van der Waals surface area contributed by atoms with Crippen LogP contribution in [0.5, 0.6) is 0 Å². The van der Waals surface area contributed by atoms with Gasteiger partial charge in [0, 0.05) is 18.8 Å². The van der Waals surface area contributed by atoms with E-state index in [9.17, 15) is 10.1 Å². The molecule has 0 spiro atoms. The van der Waals surface area contributed by atoms with Crippen LogP contribution < -0.4 is 5.32 Å². The van der Waals surface area contributed by atoms with Gasteiger partial charge in [-0.15, -0.1) is 0 Å². The van der Waals surface area contributed by atoms with Crippen LogP contribution in [-0.4, -0.2) is 33.4 Å². The maximum atomic E-state index is 12.9. The number of carbonyl (C=O) groups excluding carboxylic acids is 1. The molecule has 1 aromatic carbocycles. The van der Waals surface area contributed by atoms with Crippen LogP contribution in [0.25, 0.3) is 0 Å². The van der Waals surface area contributed by atoms with E-state index in [-0.39, 0.29) is 11.9 Å². The first kappa shape index (κ1) is 16.9. The molecular weight excluding hydrogens is 314 g/mol. The third-order valence-corrected chi connectivity index (χ3v) is 4.53. The third-order valence-electron chi connectivity index (χ3n) is 4.53. The number of piperidine rings is 1. The fourth-order valence-electron chi connectivity index (χ4n) is 3.19. The fourth-order valence-corrected chi connectivity index (χ4v) is 3.19. The summed E-state index contributed by atoms with van der Waals surface area (Å²) < 4.78 is 0. The molecule has 1 aliphatic rings. The van der Waals surface area contributed by atoms with Crippen molar-refractivity contribution in [2.24, 2.45) is 0 Å². The van der Waals surface area contributed by atoms with Gasteiger partial charge in [-0.1, -0.05) is 19.1 Å². The van der Waals surface area contributed by atoms with E-state index in [4.69, 9.17) is 0 Å². The monoisotopic (exact) mass is 335 g/mol. The maximum Gasteiger partial charge on any atom is 0.272 e. The van der Waals surface area contributed by atoms with Gasteiger partial charge in [0.2, 0.25) is 5.95 Å². The average Bonchev–Trinajstić information content (AvgIpc) is 2.68. The Bertz CT molecular complexity index is 798. The number of hydrogen-bond acceptors (Lipinski definition) is 5. The lowest BCUT2D eigenvalue weighted by atomic mass is 9.99. The molecule has 1 saturated heterocycles. The molecule has 0 radical (unpaired) electrons. The molecule has 1 unspecified atom stereocenters. The topological polar surface area (TPSA) is 81.9 Å². The van der Waals surface area contributed by atoms with Crippen LogP contribution in [0.2, 0.25) is 0 Å². The van der Waals surface area contributed by atoms with Gasteiger partial charge in [0.15, 0.2) is 0 Å². The van der Waals surface area contributed by atoms with Gasteiger partial charge >= 0.3 is 0 Å². The molecule has 1 atom stereocenters. The standard InChI is InChI=1S/C19H21N5O/c1-2-15-8-5-6-12-24(15)18(25)17-10-11-21-19(23-17)22-16-9-4-3-7-14(16)13-20/h3-4,7,9-11,15H,2,5-6,8,12H2,1H3,(H,21,22,23). The van der Waals surface area contributed by atoms with Crippen molar-refractivity contribution in [3.8, 4) is 6.07 Å². The highest BCUT2D eigenvalue weighted by molar-refractivity contribution is 5.92. The molecule has 0 saturated carbocycles. The largest absolute Gasteiger partial charge is 0.334 e. The van der Waals surface area contributed by atoms with Gasteiger partial charge in [-0.25, -0.2) is 9.97 Å². The van der Waals surface area contributed by atoms with E-state index in [1.54, 1.807) is 30.5 Å². The van der Waals surface area contributed by atoms with Crippen molar-refractivity contribution >= 4 is 17.5 Å². The number of likely N-dealkylation sites (tertiary alicyclic amines) is 1. The second-order valence-corrected chi connectivity index (χ2v) is 6.10. The molecule has 25 heavy (non-hydrogen) atoms. The van der Waals surface area contributed by atoms with E-state index in [0.29, 0.717) is 22.9 Å². The Balaban J connectivity index is 1.81. The zero-order valence-electron chi connectivity index (χ0n) is 14.3. The minimum Gasteiger partial charge on any atom is -0.334 e. The number of carbonyl (C=O) groups is 1. The molecule has 2 heterocycles. The van der Waals surface area contributed by atoms with Crippen LogP contribution in [0.4, 0.5) is 11.6 Å². The number of rotatable bonds is 4. The van der Waals surface area contributed by atoms with Gasteiger partial charge in [0.25, 0.3) is 5.91 Å². The summed E-state index contributed by atoms with van der Waals surface area (Å²) >= 11 is 0. The average molecular weight is 335 g/mol. The van der Waals surface area contributed by atoms with Crippen molar-refractivity contribution in [1.82, 2.24) is 14.9 Å². The lowest BCUT2D eigenvalue weighted by Gasteiger charge is -2.35. The number of nitriles is 1. The van der Waals surface area contributed by atoms with E-state index < -0.39 is 0 Å². The summed E-state index contributed by atoms with van der Waals surface area (Å²) in [5.41, 5.74) is 1.51. The Morgan fingerprint density at radius 1 is 1.36 bits per heavy atom. The van der Waals surface area contributed by atoms with Gasteiger partial charge in [-0.3, -0.25) is 4.79 Å². The minimum absolute atomic E-state index is 0.0504. The highest BCUT2D eigenvalue weighted by atomic mass is 16.2. The third kappa shape index (κ3) is 3.77. The van der Waals surface area contributed by atoms with Crippen molar-refractivity contribution in [3.05, 3.63) is 47.8 Å². The minimum atomic E-state index is -0.0504. The highest BCUT2D eigenvalue weighted by Gasteiger charge is 2.27. The Labute approximate surface area is 147 Å². The molecule has 1 fully saturated rings. The van der Waals surface area contributed by atoms with E-state index in [0.717, 1.165) is 25.8 Å². The molecule has 0 aliphatic carbocycles. The van der Waals surface area contributed by atoms with Gasteiger partial charge in [-0.05, 0) is 43.9 Å². The van der Waals surface area contributed by atoms with Gasteiger partial charge < -0.3 is 10.2 Å². The number of hydrogen-bond donors (Lipinski definition) is 1. The first-order valence-corrected chi connectivity index (χ1v) is 8.63. The fraction of sp³-hybridized carbons (Fsp3) is 0.368. The van der Waals surface area contributed by atoms with E-state index >= 15 is 0 Å². The summed E-state index contributed by atoms with van der Waals surface area (Å²) in [6, 6.07) is 11.2. The number of amides is 1. The summed E-state index contributed by atoms with van der Waals surface area (Å²) in [7, 11) is 0. The van der Waals surface area contributed by atoms with Gasteiger partial charge in [-0.2, -0.15) is 5.26 Å². The lowest BCUT2D eigenvalue weighted by molar-refractivity contribution is 0.0602. The normalized spacial score (nSPS) is 17.0. The van der Waals surface area contributed by atoms with Crippen LogP contribution in [0.1, 0.15) is 48.7 Å². The summed E-state index contributed by atoms with van der Waals surface area (Å²) in [6.07, 6.45) is 5.78. The molecule has 128 valence electrons. The van der Waals surface area contributed by atoms with Crippen LogP contribution in [0.3, 0.4) is 0 Å². The number of nitrogens with one attached hydrogen (secondary N) is 1. The maximum absolute atomic E-state index is 12.9. The van der Waals surface area contributed by atoms with Crippen LogP contribution in [0.15, 0.2) is 36.5 Å². The van der Waals surface area contributed by atoms with Gasteiger partial charge in [0.1, 0.15) is 11.8 Å².